The van der Waals surface area contributed by atoms with Crippen LogP contribution in [0.25, 0.3) is 11.4 Å². The van der Waals surface area contributed by atoms with Crippen LogP contribution in [0.3, 0.4) is 0 Å². The summed E-state index contributed by atoms with van der Waals surface area (Å²) in [5.74, 6) is -1.24. The Kier molecular flexibility index (Phi) is 9.24. The number of ether oxygens (including phenoxy) is 2. The van der Waals surface area contributed by atoms with Crippen LogP contribution in [-0.4, -0.2) is 76.8 Å². The van der Waals surface area contributed by atoms with Crippen LogP contribution in [-0.2, 0) is 19.1 Å². The van der Waals surface area contributed by atoms with E-state index < -0.39 is 29.7 Å². The van der Waals surface area contributed by atoms with E-state index in [1.807, 2.05) is 31.2 Å². The number of aromatic nitrogens is 2. The summed E-state index contributed by atoms with van der Waals surface area (Å²) in [6.45, 7) is 4.63. The molecule has 2 aliphatic heterocycles. The molecule has 44 heavy (non-hydrogen) atoms. The number of carbonyl (C=O) groups is 5. The topological polar surface area (TPSA) is 169 Å². The molecule has 3 aromatic rings. The van der Waals surface area contributed by atoms with Crippen molar-refractivity contribution in [1.82, 2.24) is 25.5 Å². The Labute approximate surface area is 253 Å². The van der Waals surface area contributed by atoms with Gasteiger partial charge in [0.1, 0.15) is 12.6 Å². The van der Waals surface area contributed by atoms with Crippen LogP contribution in [0, 0.1) is 0 Å². The van der Waals surface area contributed by atoms with Gasteiger partial charge in [0.25, 0.3) is 11.8 Å². The second-order valence-electron chi connectivity index (χ2n) is 10.3. The van der Waals surface area contributed by atoms with Gasteiger partial charge in [-0.25, -0.2) is 9.97 Å². The lowest BCUT2D eigenvalue weighted by molar-refractivity contribution is -0.136. The second-order valence-corrected chi connectivity index (χ2v) is 10.3. The van der Waals surface area contributed by atoms with E-state index in [2.05, 4.69) is 25.9 Å². The Morgan fingerprint density at radius 2 is 1.77 bits per heavy atom. The molecule has 2 atom stereocenters. The molecular weight excluding hydrogens is 568 g/mol. The number of benzene rings is 2. The summed E-state index contributed by atoms with van der Waals surface area (Å²) in [5, 5.41) is 8.17. The number of fused-ring (bicyclic) bond motifs is 1. The van der Waals surface area contributed by atoms with Crippen molar-refractivity contribution in [2.24, 2.45) is 0 Å². The first-order chi connectivity index (χ1) is 21.2. The fourth-order valence-corrected chi connectivity index (χ4v) is 5.09. The lowest BCUT2D eigenvalue weighted by Crippen LogP contribution is -2.54. The summed E-state index contributed by atoms with van der Waals surface area (Å²) in [4.78, 5) is 70.9. The highest BCUT2D eigenvalue weighted by Crippen LogP contribution is 2.32. The van der Waals surface area contributed by atoms with Gasteiger partial charge in [-0.3, -0.25) is 34.2 Å². The zero-order valence-electron chi connectivity index (χ0n) is 24.3. The van der Waals surface area contributed by atoms with Gasteiger partial charge >= 0.3 is 0 Å². The van der Waals surface area contributed by atoms with Crippen LogP contribution >= 0.6 is 0 Å². The number of hydrogen-bond acceptors (Lipinski definition) is 10. The van der Waals surface area contributed by atoms with E-state index in [-0.39, 0.29) is 42.5 Å². The summed E-state index contributed by atoms with van der Waals surface area (Å²) in [5.41, 5.74) is 2.69. The van der Waals surface area contributed by atoms with Crippen molar-refractivity contribution in [3.63, 3.8) is 0 Å². The molecule has 0 radical (unpaired) electrons. The van der Waals surface area contributed by atoms with Gasteiger partial charge < -0.3 is 20.1 Å². The van der Waals surface area contributed by atoms with Gasteiger partial charge in [0.15, 0.2) is 11.6 Å². The molecule has 5 amide bonds. The largest absolute Gasteiger partial charge is 0.488 e. The maximum atomic E-state index is 13.2. The molecule has 1 saturated heterocycles. The molecule has 0 spiro atoms. The van der Waals surface area contributed by atoms with Crippen molar-refractivity contribution in [3.05, 3.63) is 71.5 Å². The Morgan fingerprint density at radius 3 is 2.48 bits per heavy atom. The summed E-state index contributed by atoms with van der Waals surface area (Å²) >= 11 is 0. The van der Waals surface area contributed by atoms with Gasteiger partial charge in [0.05, 0.1) is 42.8 Å². The van der Waals surface area contributed by atoms with Gasteiger partial charge in [0.2, 0.25) is 17.7 Å². The number of amides is 5. The van der Waals surface area contributed by atoms with Gasteiger partial charge in [-0.05, 0) is 31.0 Å². The van der Waals surface area contributed by atoms with Crippen molar-refractivity contribution in [2.75, 3.05) is 31.7 Å². The Balaban J connectivity index is 1.05. The van der Waals surface area contributed by atoms with E-state index in [9.17, 15) is 24.0 Å². The summed E-state index contributed by atoms with van der Waals surface area (Å²) in [6.07, 6.45) is 3.33. The quantitative estimate of drug-likeness (QED) is 0.207. The van der Waals surface area contributed by atoms with E-state index in [4.69, 9.17) is 9.47 Å². The third kappa shape index (κ3) is 6.73. The third-order valence-corrected chi connectivity index (χ3v) is 7.24. The lowest BCUT2D eigenvalue weighted by Gasteiger charge is -2.27. The predicted octanol–water partition coefficient (Wildman–Crippen LogP) is 2.25. The molecule has 228 valence electrons. The first kappa shape index (κ1) is 30.3. The number of carbonyl (C=O) groups excluding carboxylic acids is 5. The molecule has 1 unspecified atom stereocenters. The molecule has 3 N–H and O–H groups in total. The van der Waals surface area contributed by atoms with E-state index in [0.29, 0.717) is 37.0 Å². The fraction of sp³-hybridized carbons (Fsp3) is 0.323. The van der Waals surface area contributed by atoms with Crippen molar-refractivity contribution < 1.29 is 33.4 Å². The second kappa shape index (κ2) is 13.4. The van der Waals surface area contributed by atoms with Crippen LogP contribution < -0.4 is 20.7 Å². The fourth-order valence-electron chi connectivity index (χ4n) is 5.09. The minimum atomic E-state index is -1.02. The number of imide groups is 2. The molecule has 0 bridgehead atoms. The molecule has 0 saturated carbocycles. The molecule has 0 aliphatic carbocycles. The van der Waals surface area contributed by atoms with Crippen LogP contribution in [0.4, 0.5) is 5.69 Å². The molecule has 13 nitrogen and oxygen atoms in total. The summed E-state index contributed by atoms with van der Waals surface area (Å²) in [6, 6.07) is 11.4. The van der Waals surface area contributed by atoms with Crippen LogP contribution in [0.1, 0.15) is 59.0 Å². The van der Waals surface area contributed by atoms with E-state index >= 15 is 0 Å². The summed E-state index contributed by atoms with van der Waals surface area (Å²) < 4.78 is 11.3. The number of nitrogens with one attached hydrogen (secondary N) is 3. The number of hydrogen-bond donors (Lipinski definition) is 3. The van der Waals surface area contributed by atoms with Gasteiger partial charge in [-0.2, -0.15) is 0 Å². The van der Waals surface area contributed by atoms with E-state index in [1.54, 1.807) is 30.6 Å². The number of piperidine rings is 1. The van der Waals surface area contributed by atoms with Crippen LogP contribution in [0.2, 0.25) is 0 Å². The molecule has 1 aromatic heterocycles. The zero-order chi connectivity index (χ0) is 31.2. The highest BCUT2D eigenvalue weighted by Gasteiger charge is 2.45. The van der Waals surface area contributed by atoms with Crippen LogP contribution in [0.15, 0.2) is 54.9 Å². The third-order valence-electron chi connectivity index (χ3n) is 7.24. The first-order valence-corrected chi connectivity index (χ1v) is 14.2. The smallest absolute Gasteiger partial charge is 0.264 e. The monoisotopic (exact) mass is 600 g/mol. The van der Waals surface area contributed by atoms with E-state index in [0.717, 1.165) is 16.0 Å². The maximum Gasteiger partial charge on any atom is 0.264 e. The number of anilines is 1. The summed E-state index contributed by atoms with van der Waals surface area (Å²) in [7, 11) is 0. The van der Waals surface area contributed by atoms with Crippen molar-refractivity contribution in [1.29, 1.82) is 0 Å². The molecule has 13 heteroatoms. The SMILES string of the molecule is CC(=O)N[C@@H](C)c1ccc(-c2ncc(OCCOCCNc3cccc4c3C(=O)N(C3CCC(=O)NC3=O)C4=O)cn2)cc1. The molecule has 3 heterocycles. The Bertz CT molecular complexity index is 1580. The van der Waals surface area contributed by atoms with Crippen LogP contribution in [0.5, 0.6) is 5.75 Å². The number of rotatable bonds is 12. The van der Waals surface area contributed by atoms with Gasteiger partial charge in [-0.15, -0.1) is 0 Å². The molecular formula is C31H32N6O7. The van der Waals surface area contributed by atoms with E-state index in [1.165, 1.54) is 6.92 Å². The van der Waals surface area contributed by atoms with Gasteiger partial charge in [0, 0.05) is 31.1 Å². The average molecular weight is 601 g/mol. The Morgan fingerprint density at radius 1 is 1.02 bits per heavy atom. The minimum absolute atomic E-state index is 0.0607. The lowest BCUT2D eigenvalue weighted by atomic mass is 10.0. The average Bonchev–Trinajstić information content (AvgIpc) is 3.26. The van der Waals surface area contributed by atoms with Crippen molar-refractivity contribution >= 4 is 35.2 Å². The highest BCUT2D eigenvalue weighted by molar-refractivity contribution is 6.25. The standard InChI is InChI=1S/C31H32N6O7/c1-18(35-19(2)38)20-6-8-21(9-7-20)28-33-16-22(17-34-28)44-15-14-43-13-12-32-24-5-3-4-23-27(24)31(42)37(30(23)41)25-10-11-26(39)36-29(25)40/h3-9,16-18,25,32H,10-15H2,1-2H3,(H,35,38)(H,36,39,40)/t18-,25?/m0/s1. The Hall–Kier alpha value is -5.17. The first-order valence-electron chi connectivity index (χ1n) is 14.2. The molecule has 5 rings (SSSR count). The molecule has 1 fully saturated rings. The molecule has 2 aromatic carbocycles. The number of nitrogens with zero attached hydrogens (tertiary/aromatic N) is 3. The normalized spacial score (nSPS) is 16.8. The predicted molar refractivity (Wildman–Crippen MR) is 158 cm³/mol. The zero-order valence-corrected chi connectivity index (χ0v) is 24.3. The van der Waals surface area contributed by atoms with Gasteiger partial charge in [-0.1, -0.05) is 30.3 Å². The van der Waals surface area contributed by atoms with Crippen molar-refractivity contribution in [2.45, 2.75) is 38.8 Å². The highest BCUT2D eigenvalue weighted by atomic mass is 16.5. The van der Waals surface area contributed by atoms with Crippen molar-refractivity contribution in [3.8, 4) is 17.1 Å². The molecule has 2 aliphatic rings. The minimum Gasteiger partial charge on any atom is -0.488 e. The maximum absolute atomic E-state index is 13.2.